The highest BCUT2D eigenvalue weighted by Crippen LogP contribution is 2.26. The number of rotatable bonds is 5. The van der Waals surface area contributed by atoms with Crippen molar-refractivity contribution >= 4 is 15.9 Å². The summed E-state index contributed by atoms with van der Waals surface area (Å²) in [5, 5.41) is 0. The first-order valence-corrected chi connectivity index (χ1v) is 12.2. The van der Waals surface area contributed by atoms with Crippen molar-refractivity contribution in [2.45, 2.75) is 36.7 Å². The van der Waals surface area contributed by atoms with Crippen molar-refractivity contribution < 1.29 is 18.1 Å². The predicted octanol–water partition coefficient (Wildman–Crippen LogP) is 1.16. The smallest absolute Gasteiger partial charge is 0.243 e. The largest absolute Gasteiger partial charge is 0.330 e. The lowest BCUT2D eigenvalue weighted by atomic mass is 10.0. The molecule has 2 aromatic rings. The molecule has 4 rings (SSSR count). The van der Waals surface area contributed by atoms with Gasteiger partial charge >= 0.3 is 0 Å². The summed E-state index contributed by atoms with van der Waals surface area (Å²) in [6, 6.07) is 18.3. The number of hydrogen-bond acceptors (Lipinski definition) is 3. The predicted molar refractivity (Wildman–Crippen MR) is 115 cm³/mol. The van der Waals surface area contributed by atoms with Crippen LogP contribution in [0, 0.1) is 0 Å². The number of carbonyl (C=O) groups excluding carboxylic acids is 1. The zero-order valence-electron chi connectivity index (χ0n) is 17.2. The summed E-state index contributed by atoms with van der Waals surface area (Å²) >= 11 is 0. The van der Waals surface area contributed by atoms with Gasteiger partial charge < -0.3 is 9.80 Å². The molecule has 2 saturated heterocycles. The molecule has 1 unspecified atom stereocenters. The van der Waals surface area contributed by atoms with Crippen molar-refractivity contribution in [2.75, 3.05) is 32.7 Å². The molecule has 2 heterocycles. The fourth-order valence-corrected chi connectivity index (χ4v) is 6.15. The monoisotopic (exact) mass is 428 g/mol. The summed E-state index contributed by atoms with van der Waals surface area (Å²) in [6.45, 7) is 4.50. The summed E-state index contributed by atoms with van der Waals surface area (Å²) in [7, 11) is -3.67. The molecule has 0 radical (unpaired) electrons. The van der Waals surface area contributed by atoms with Gasteiger partial charge in [0.25, 0.3) is 0 Å². The molecule has 0 spiro atoms. The van der Waals surface area contributed by atoms with Crippen LogP contribution in [0.3, 0.4) is 0 Å². The van der Waals surface area contributed by atoms with Gasteiger partial charge in [-0.15, -0.1) is 0 Å². The van der Waals surface area contributed by atoms with E-state index in [9.17, 15) is 13.2 Å². The van der Waals surface area contributed by atoms with Crippen LogP contribution in [0.1, 0.15) is 24.8 Å². The van der Waals surface area contributed by atoms with Crippen LogP contribution in [0.5, 0.6) is 0 Å². The van der Waals surface area contributed by atoms with Gasteiger partial charge in [0.2, 0.25) is 15.9 Å². The minimum absolute atomic E-state index is 0.0343. The van der Waals surface area contributed by atoms with E-state index in [4.69, 9.17) is 0 Å². The quantitative estimate of drug-likeness (QED) is 0.777. The molecule has 2 aliphatic rings. The van der Waals surface area contributed by atoms with E-state index in [2.05, 4.69) is 24.3 Å². The Morgan fingerprint density at radius 3 is 2.20 bits per heavy atom. The minimum atomic E-state index is -3.67. The molecule has 1 amide bonds. The first-order valence-electron chi connectivity index (χ1n) is 10.8. The highest BCUT2D eigenvalue weighted by Gasteiger charge is 2.40. The Kier molecular flexibility index (Phi) is 6.51. The molecule has 0 aliphatic carbocycles. The molecule has 30 heavy (non-hydrogen) atoms. The normalized spacial score (nSPS) is 21.5. The maximum Gasteiger partial charge on any atom is 0.243 e. The van der Waals surface area contributed by atoms with Gasteiger partial charge in [-0.2, -0.15) is 4.31 Å². The molecular formula is C23H30N3O3S+. The number of amides is 1. The topological polar surface area (TPSA) is 62.1 Å². The molecule has 0 aromatic heterocycles. The van der Waals surface area contributed by atoms with Gasteiger partial charge in [0.1, 0.15) is 12.6 Å². The standard InChI is InChI=1S/C23H29N3O3S/c27-23(25-17-15-24(16-18-25)19-20-9-3-1-4-10-20)22-13-7-8-14-26(22)30(28,29)21-11-5-2-6-12-21/h1-6,9-12,22H,7-8,13-19H2/p+1. The number of hydrogen-bond donors (Lipinski definition) is 1. The van der Waals surface area contributed by atoms with E-state index >= 15 is 0 Å². The van der Waals surface area contributed by atoms with E-state index in [1.807, 2.05) is 11.0 Å². The SMILES string of the molecule is O=C(C1CCCCN1S(=O)(=O)c1ccccc1)N1CC[NH+](Cc2ccccc2)CC1. The molecule has 1 atom stereocenters. The van der Waals surface area contributed by atoms with Gasteiger partial charge in [0, 0.05) is 12.1 Å². The molecule has 1 N–H and O–H groups in total. The molecule has 2 aromatic carbocycles. The lowest BCUT2D eigenvalue weighted by molar-refractivity contribution is -0.917. The number of piperidine rings is 1. The van der Waals surface area contributed by atoms with E-state index < -0.39 is 16.1 Å². The molecular weight excluding hydrogens is 398 g/mol. The summed E-state index contributed by atoms with van der Waals surface area (Å²) in [6.07, 6.45) is 2.28. The molecule has 160 valence electrons. The van der Waals surface area contributed by atoms with E-state index in [1.54, 1.807) is 30.3 Å². The van der Waals surface area contributed by atoms with Crippen LogP contribution in [0.2, 0.25) is 0 Å². The van der Waals surface area contributed by atoms with E-state index in [1.165, 1.54) is 14.8 Å². The lowest BCUT2D eigenvalue weighted by Gasteiger charge is -2.39. The van der Waals surface area contributed by atoms with E-state index in [-0.39, 0.29) is 10.8 Å². The molecule has 2 aliphatic heterocycles. The van der Waals surface area contributed by atoms with Crippen molar-refractivity contribution in [2.24, 2.45) is 0 Å². The Morgan fingerprint density at radius 1 is 0.900 bits per heavy atom. The zero-order valence-corrected chi connectivity index (χ0v) is 18.1. The molecule has 0 saturated carbocycles. The van der Waals surface area contributed by atoms with E-state index in [0.717, 1.165) is 32.5 Å². The van der Waals surface area contributed by atoms with Gasteiger partial charge in [-0.1, -0.05) is 55.0 Å². The van der Waals surface area contributed by atoms with Crippen molar-refractivity contribution in [1.82, 2.24) is 9.21 Å². The van der Waals surface area contributed by atoms with Crippen LogP contribution < -0.4 is 4.90 Å². The van der Waals surface area contributed by atoms with E-state index in [0.29, 0.717) is 26.1 Å². The summed E-state index contributed by atoms with van der Waals surface area (Å²) in [5.41, 5.74) is 1.31. The van der Waals surface area contributed by atoms with Gasteiger partial charge in [-0.3, -0.25) is 4.79 Å². The van der Waals surface area contributed by atoms with Crippen LogP contribution in [-0.2, 0) is 21.4 Å². The number of benzene rings is 2. The summed E-state index contributed by atoms with van der Waals surface area (Å²) < 4.78 is 27.8. The number of piperazine rings is 1. The van der Waals surface area contributed by atoms with Crippen molar-refractivity contribution in [3.63, 3.8) is 0 Å². The van der Waals surface area contributed by atoms with Gasteiger partial charge in [-0.25, -0.2) is 8.42 Å². The Labute approximate surface area is 179 Å². The Hall–Kier alpha value is -2.22. The van der Waals surface area contributed by atoms with Crippen LogP contribution in [0.25, 0.3) is 0 Å². The fourth-order valence-electron chi connectivity index (χ4n) is 4.48. The van der Waals surface area contributed by atoms with Crippen molar-refractivity contribution in [3.05, 3.63) is 66.2 Å². The number of carbonyl (C=O) groups is 1. The zero-order chi connectivity index (χ0) is 21.0. The molecule has 2 fully saturated rings. The second kappa shape index (κ2) is 9.29. The minimum Gasteiger partial charge on any atom is -0.330 e. The Morgan fingerprint density at radius 2 is 1.53 bits per heavy atom. The number of nitrogens with one attached hydrogen (secondary N) is 1. The highest BCUT2D eigenvalue weighted by atomic mass is 32.2. The van der Waals surface area contributed by atoms with Crippen molar-refractivity contribution in [3.8, 4) is 0 Å². The lowest BCUT2D eigenvalue weighted by Crippen LogP contribution is -3.13. The Balaban J connectivity index is 1.42. The number of sulfonamides is 1. The van der Waals surface area contributed by atoms with Crippen LogP contribution in [-0.4, -0.2) is 62.3 Å². The summed E-state index contributed by atoms with van der Waals surface area (Å²) in [5.74, 6) is -0.0343. The van der Waals surface area contributed by atoms with Crippen LogP contribution in [0.4, 0.5) is 0 Å². The van der Waals surface area contributed by atoms with Crippen LogP contribution in [0.15, 0.2) is 65.6 Å². The molecule has 0 bridgehead atoms. The first kappa shape index (κ1) is 21.0. The molecule has 7 heteroatoms. The molecule has 6 nitrogen and oxygen atoms in total. The van der Waals surface area contributed by atoms with Gasteiger partial charge in [0.05, 0.1) is 31.1 Å². The average molecular weight is 429 g/mol. The van der Waals surface area contributed by atoms with Gasteiger partial charge in [0.15, 0.2) is 0 Å². The third-order valence-electron chi connectivity index (χ3n) is 6.17. The second-order valence-corrected chi connectivity index (χ2v) is 10.1. The fraction of sp³-hybridized carbons (Fsp3) is 0.435. The summed E-state index contributed by atoms with van der Waals surface area (Å²) in [4.78, 5) is 16.9. The Bertz CT molecular complexity index is 942. The highest BCUT2D eigenvalue weighted by molar-refractivity contribution is 7.89. The van der Waals surface area contributed by atoms with Crippen LogP contribution >= 0.6 is 0 Å². The maximum atomic E-state index is 13.3. The number of nitrogens with zero attached hydrogens (tertiary/aromatic N) is 2. The number of quaternary nitrogens is 1. The van der Waals surface area contributed by atoms with Gasteiger partial charge in [-0.05, 0) is 25.0 Å². The third-order valence-corrected chi connectivity index (χ3v) is 8.09. The average Bonchev–Trinajstić information content (AvgIpc) is 2.80. The second-order valence-electron chi connectivity index (χ2n) is 8.18. The van der Waals surface area contributed by atoms with Crippen molar-refractivity contribution in [1.29, 1.82) is 0 Å². The third kappa shape index (κ3) is 4.58. The first-order chi connectivity index (χ1) is 14.6. The maximum absolute atomic E-state index is 13.3.